The monoisotopic (exact) mass is 270 g/mol. The summed E-state index contributed by atoms with van der Waals surface area (Å²) in [5.41, 5.74) is 2.89. The molecule has 1 saturated heterocycles. The molecule has 3 rings (SSSR count). The summed E-state index contributed by atoms with van der Waals surface area (Å²) in [5, 5.41) is 3.34. The summed E-state index contributed by atoms with van der Waals surface area (Å²) in [6.45, 7) is 4.77. The Hall–Kier alpha value is -1.87. The first-order valence-corrected chi connectivity index (χ1v) is 7.08. The molecule has 104 valence electrons. The van der Waals surface area contributed by atoms with Crippen molar-refractivity contribution in [2.45, 2.75) is 13.0 Å². The van der Waals surface area contributed by atoms with Crippen molar-refractivity contribution in [3.63, 3.8) is 0 Å². The van der Waals surface area contributed by atoms with E-state index in [1.807, 2.05) is 30.3 Å². The van der Waals surface area contributed by atoms with Crippen LogP contribution in [0.1, 0.15) is 6.92 Å². The number of nitrogens with one attached hydrogen (secondary N) is 1. The first-order valence-electron chi connectivity index (χ1n) is 7.08. The molecule has 1 aliphatic heterocycles. The van der Waals surface area contributed by atoms with Gasteiger partial charge < -0.3 is 10.2 Å². The van der Waals surface area contributed by atoms with E-state index >= 15 is 0 Å². The Morgan fingerprint density at radius 1 is 1.10 bits per heavy atom. The lowest BCUT2D eigenvalue weighted by atomic mass is 10.0. The molecule has 0 radical (unpaired) electrons. The maximum absolute atomic E-state index is 14.2. The second-order valence-corrected chi connectivity index (χ2v) is 5.28. The normalized spacial score (nSPS) is 19.1. The lowest BCUT2D eigenvalue weighted by molar-refractivity contribution is 0.491. The minimum atomic E-state index is -0.140. The zero-order valence-electron chi connectivity index (χ0n) is 11.6. The van der Waals surface area contributed by atoms with E-state index in [1.54, 1.807) is 6.07 Å². The van der Waals surface area contributed by atoms with Gasteiger partial charge in [0.2, 0.25) is 0 Å². The van der Waals surface area contributed by atoms with Crippen LogP contribution in [0.15, 0.2) is 48.5 Å². The number of anilines is 1. The van der Waals surface area contributed by atoms with Gasteiger partial charge in [0, 0.05) is 25.7 Å². The molecular formula is C17H19FN2. The van der Waals surface area contributed by atoms with Crippen molar-refractivity contribution in [3.05, 3.63) is 54.3 Å². The van der Waals surface area contributed by atoms with Gasteiger partial charge in [0.1, 0.15) is 5.82 Å². The second-order valence-electron chi connectivity index (χ2n) is 5.28. The molecule has 0 saturated carbocycles. The maximum Gasteiger partial charge on any atom is 0.146 e. The van der Waals surface area contributed by atoms with Gasteiger partial charge in [-0.25, -0.2) is 4.39 Å². The molecule has 1 aliphatic rings. The van der Waals surface area contributed by atoms with Crippen molar-refractivity contribution in [2.24, 2.45) is 0 Å². The van der Waals surface area contributed by atoms with Crippen LogP contribution in [-0.4, -0.2) is 25.7 Å². The smallest absolute Gasteiger partial charge is 0.146 e. The van der Waals surface area contributed by atoms with Gasteiger partial charge in [-0.2, -0.15) is 0 Å². The molecule has 0 unspecified atom stereocenters. The third-order valence-electron chi connectivity index (χ3n) is 3.86. The zero-order chi connectivity index (χ0) is 13.9. The van der Waals surface area contributed by atoms with E-state index in [9.17, 15) is 4.39 Å². The SMILES string of the molecule is C[C@@H]1CNCCN1c1cc(-c2ccccc2)ccc1F. The van der Waals surface area contributed by atoms with Crippen LogP contribution in [0.25, 0.3) is 11.1 Å². The predicted molar refractivity (Wildman–Crippen MR) is 81.5 cm³/mol. The molecule has 1 N–H and O–H groups in total. The topological polar surface area (TPSA) is 15.3 Å². The van der Waals surface area contributed by atoms with Crippen LogP contribution in [0.5, 0.6) is 0 Å². The summed E-state index contributed by atoms with van der Waals surface area (Å²) in [6, 6.07) is 15.8. The predicted octanol–water partition coefficient (Wildman–Crippen LogP) is 3.29. The van der Waals surface area contributed by atoms with Gasteiger partial charge in [-0.3, -0.25) is 0 Å². The standard InChI is InChI=1S/C17H19FN2/c1-13-12-19-9-10-20(13)17-11-15(7-8-16(17)18)14-5-3-2-4-6-14/h2-8,11,13,19H,9-10,12H2,1H3/t13-/m1/s1. The minimum Gasteiger partial charge on any atom is -0.364 e. The van der Waals surface area contributed by atoms with Crippen LogP contribution in [0.3, 0.4) is 0 Å². The van der Waals surface area contributed by atoms with Gasteiger partial charge >= 0.3 is 0 Å². The summed E-state index contributed by atoms with van der Waals surface area (Å²) < 4.78 is 14.2. The fraction of sp³-hybridized carbons (Fsp3) is 0.294. The minimum absolute atomic E-state index is 0.140. The molecule has 1 fully saturated rings. The number of benzene rings is 2. The van der Waals surface area contributed by atoms with Crippen LogP contribution in [0.4, 0.5) is 10.1 Å². The number of piperazine rings is 1. The highest BCUT2D eigenvalue weighted by atomic mass is 19.1. The Bertz CT molecular complexity index is 583. The van der Waals surface area contributed by atoms with E-state index in [-0.39, 0.29) is 5.82 Å². The van der Waals surface area contributed by atoms with Crippen LogP contribution in [0, 0.1) is 5.82 Å². The number of hydrogen-bond acceptors (Lipinski definition) is 2. The highest BCUT2D eigenvalue weighted by Gasteiger charge is 2.21. The molecule has 0 amide bonds. The third-order valence-corrected chi connectivity index (χ3v) is 3.86. The molecule has 0 spiro atoms. The number of nitrogens with zero attached hydrogens (tertiary/aromatic N) is 1. The molecule has 0 aromatic heterocycles. The first kappa shape index (κ1) is 13.1. The van der Waals surface area contributed by atoms with Gasteiger partial charge in [0.15, 0.2) is 0 Å². The molecule has 1 atom stereocenters. The lowest BCUT2D eigenvalue weighted by Crippen LogP contribution is -2.50. The summed E-state index contributed by atoms with van der Waals surface area (Å²) in [7, 11) is 0. The van der Waals surface area contributed by atoms with Crippen molar-refractivity contribution < 1.29 is 4.39 Å². The van der Waals surface area contributed by atoms with E-state index in [0.29, 0.717) is 11.7 Å². The van der Waals surface area contributed by atoms with E-state index < -0.39 is 0 Å². The molecule has 2 nitrogen and oxygen atoms in total. The molecular weight excluding hydrogens is 251 g/mol. The van der Waals surface area contributed by atoms with Crippen molar-refractivity contribution in [3.8, 4) is 11.1 Å². The summed E-state index contributed by atoms with van der Waals surface area (Å²) in [4.78, 5) is 2.15. The second kappa shape index (κ2) is 5.63. The largest absolute Gasteiger partial charge is 0.364 e. The number of halogens is 1. The highest BCUT2D eigenvalue weighted by Crippen LogP contribution is 2.28. The molecule has 2 aromatic carbocycles. The van der Waals surface area contributed by atoms with Gasteiger partial charge in [0.25, 0.3) is 0 Å². The van der Waals surface area contributed by atoms with E-state index in [4.69, 9.17) is 0 Å². The van der Waals surface area contributed by atoms with Gasteiger partial charge in [-0.15, -0.1) is 0 Å². The van der Waals surface area contributed by atoms with Crippen LogP contribution < -0.4 is 10.2 Å². The lowest BCUT2D eigenvalue weighted by Gasteiger charge is -2.36. The van der Waals surface area contributed by atoms with Crippen molar-refractivity contribution in [1.82, 2.24) is 5.32 Å². The Morgan fingerprint density at radius 3 is 2.65 bits per heavy atom. The maximum atomic E-state index is 14.2. The molecule has 20 heavy (non-hydrogen) atoms. The van der Waals surface area contributed by atoms with Gasteiger partial charge in [-0.05, 0) is 30.2 Å². The van der Waals surface area contributed by atoms with Gasteiger partial charge in [-0.1, -0.05) is 36.4 Å². The van der Waals surface area contributed by atoms with E-state index in [2.05, 4.69) is 29.3 Å². The molecule has 0 bridgehead atoms. The van der Waals surface area contributed by atoms with E-state index in [0.717, 1.165) is 30.8 Å². The Labute approximate surface area is 119 Å². The van der Waals surface area contributed by atoms with Gasteiger partial charge in [0.05, 0.1) is 5.69 Å². The number of rotatable bonds is 2. The Balaban J connectivity index is 1.98. The summed E-state index contributed by atoms with van der Waals surface area (Å²) in [6.07, 6.45) is 0. The van der Waals surface area contributed by atoms with E-state index in [1.165, 1.54) is 0 Å². The Kier molecular flexibility index (Phi) is 3.70. The molecule has 3 heteroatoms. The zero-order valence-corrected chi connectivity index (χ0v) is 11.6. The summed E-state index contributed by atoms with van der Waals surface area (Å²) >= 11 is 0. The highest BCUT2D eigenvalue weighted by molar-refractivity contribution is 5.69. The molecule has 1 heterocycles. The fourth-order valence-electron chi connectivity index (χ4n) is 2.74. The van der Waals surface area contributed by atoms with Crippen molar-refractivity contribution in [1.29, 1.82) is 0 Å². The van der Waals surface area contributed by atoms with Crippen molar-refractivity contribution >= 4 is 5.69 Å². The van der Waals surface area contributed by atoms with Crippen molar-refractivity contribution in [2.75, 3.05) is 24.5 Å². The average molecular weight is 270 g/mol. The molecule has 0 aliphatic carbocycles. The van der Waals surface area contributed by atoms with Crippen LogP contribution in [-0.2, 0) is 0 Å². The summed E-state index contributed by atoms with van der Waals surface area (Å²) in [5.74, 6) is -0.140. The van der Waals surface area contributed by atoms with Crippen LogP contribution >= 0.6 is 0 Å². The third kappa shape index (κ3) is 2.54. The quantitative estimate of drug-likeness (QED) is 0.901. The Morgan fingerprint density at radius 2 is 1.90 bits per heavy atom. The fourth-order valence-corrected chi connectivity index (χ4v) is 2.74. The van der Waals surface area contributed by atoms with Crippen LogP contribution in [0.2, 0.25) is 0 Å². The first-order chi connectivity index (χ1) is 9.75. The molecule has 2 aromatic rings. The number of hydrogen-bond donors (Lipinski definition) is 1. The average Bonchev–Trinajstić information content (AvgIpc) is 2.49.